The normalized spacial score (nSPS) is 21.5. The van der Waals surface area contributed by atoms with Crippen LogP contribution >= 0.6 is 23.4 Å². The number of halogens is 1. The number of hydrogen-bond donors (Lipinski definition) is 0. The first kappa shape index (κ1) is 19.0. The smallest absolute Gasteiger partial charge is 0.266 e. The highest BCUT2D eigenvalue weighted by molar-refractivity contribution is 8.18. The summed E-state index contributed by atoms with van der Waals surface area (Å²) in [7, 11) is 0. The maximum absolute atomic E-state index is 13.1. The van der Waals surface area contributed by atoms with Gasteiger partial charge < -0.3 is 4.42 Å². The average Bonchev–Trinajstić information content (AvgIpc) is 3.33. The second kappa shape index (κ2) is 8.80. The summed E-state index contributed by atoms with van der Waals surface area (Å²) in [6, 6.07) is 5.65. The molecule has 2 aromatic rings. The minimum atomic E-state index is 0.00456. The highest BCUT2D eigenvalue weighted by Gasteiger charge is 2.38. The third-order valence-corrected chi connectivity index (χ3v) is 6.09. The van der Waals surface area contributed by atoms with E-state index in [1.54, 1.807) is 24.7 Å². The highest BCUT2D eigenvalue weighted by atomic mass is 35.5. The second-order valence-corrected chi connectivity index (χ2v) is 8.11. The van der Waals surface area contributed by atoms with Crippen molar-refractivity contribution in [3.05, 3.63) is 64.7 Å². The lowest BCUT2D eigenvalue weighted by atomic mass is 9.94. The topological polar surface area (TPSA) is 58.7 Å². The molecule has 0 atom stereocenters. The van der Waals surface area contributed by atoms with Gasteiger partial charge >= 0.3 is 0 Å². The summed E-state index contributed by atoms with van der Waals surface area (Å²) >= 11 is 7.62. The standard InChI is InChI=1S/C21H20ClN3O2S/c22-17-14-23-12-11-18(17)24-21-25(15-6-2-1-3-7-15)20(26)19(28-21)10-4-8-16-9-5-13-27-16/h4-5,8-15H,1-3,6-7H2/b8-4+,19-10+,24-21?. The van der Waals surface area contributed by atoms with Crippen LogP contribution < -0.4 is 0 Å². The van der Waals surface area contributed by atoms with Gasteiger partial charge in [-0.1, -0.05) is 36.9 Å². The second-order valence-electron chi connectivity index (χ2n) is 6.70. The fourth-order valence-electron chi connectivity index (χ4n) is 3.42. The Hall–Kier alpha value is -2.31. The summed E-state index contributed by atoms with van der Waals surface area (Å²) in [5.74, 6) is 0.749. The van der Waals surface area contributed by atoms with Crippen LogP contribution in [0.2, 0.25) is 5.02 Å². The Bertz CT molecular complexity index is 931. The third kappa shape index (κ3) is 4.23. The summed E-state index contributed by atoms with van der Waals surface area (Å²) in [5.41, 5.74) is 0.625. The Kier molecular flexibility index (Phi) is 5.98. The van der Waals surface area contributed by atoms with Crippen molar-refractivity contribution < 1.29 is 9.21 Å². The number of carbonyl (C=O) groups is 1. The van der Waals surface area contributed by atoms with Gasteiger partial charge in [-0.25, -0.2) is 4.99 Å². The van der Waals surface area contributed by atoms with Crippen LogP contribution in [0.1, 0.15) is 37.9 Å². The van der Waals surface area contributed by atoms with E-state index in [0.717, 1.165) is 31.4 Å². The molecule has 144 valence electrons. The van der Waals surface area contributed by atoms with E-state index in [9.17, 15) is 4.79 Å². The molecule has 1 aliphatic carbocycles. The Labute approximate surface area is 173 Å². The zero-order valence-corrected chi connectivity index (χ0v) is 16.8. The van der Waals surface area contributed by atoms with Gasteiger partial charge in [-0.2, -0.15) is 0 Å². The van der Waals surface area contributed by atoms with Gasteiger partial charge in [0.25, 0.3) is 5.91 Å². The van der Waals surface area contributed by atoms with Gasteiger partial charge in [0, 0.05) is 18.4 Å². The van der Waals surface area contributed by atoms with Gasteiger partial charge in [-0.3, -0.25) is 14.7 Å². The molecule has 0 N–H and O–H groups in total. The predicted molar refractivity (Wildman–Crippen MR) is 113 cm³/mol. The van der Waals surface area contributed by atoms with Crippen LogP contribution in [0.15, 0.2) is 63.3 Å². The van der Waals surface area contributed by atoms with Crippen LogP contribution in [-0.2, 0) is 4.79 Å². The SMILES string of the molecule is O=C1/C(=C\C=C\c2ccco2)SC(=Nc2ccncc2Cl)N1C1CCCCC1. The van der Waals surface area contributed by atoms with Gasteiger partial charge in [-0.05, 0) is 55.0 Å². The van der Waals surface area contributed by atoms with Gasteiger partial charge in [0.15, 0.2) is 5.17 Å². The van der Waals surface area contributed by atoms with E-state index >= 15 is 0 Å². The molecule has 0 aromatic carbocycles. The number of furan rings is 1. The van der Waals surface area contributed by atoms with Crippen molar-refractivity contribution in [2.75, 3.05) is 0 Å². The number of amides is 1. The number of amidine groups is 1. The van der Waals surface area contributed by atoms with Crippen LogP contribution in [0.4, 0.5) is 5.69 Å². The van der Waals surface area contributed by atoms with Gasteiger partial charge in [0.2, 0.25) is 0 Å². The fraction of sp³-hybridized carbons (Fsp3) is 0.286. The number of rotatable bonds is 4. The number of carbonyl (C=O) groups excluding carboxylic acids is 1. The van der Waals surface area contributed by atoms with Crippen molar-refractivity contribution in [3.8, 4) is 0 Å². The molecule has 2 aliphatic rings. The summed E-state index contributed by atoms with van der Waals surface area (Å²) in [4.78, 5) is 24.3. The van der Waals surface area contributed by atoms with Gasteiger partial charge in [0.05, 0.1) is 21.9 Å². The summed E-state index contributed by atoms with van der Waals surface area (Å²) in [5, 5.41) is 1.16. The quantitative estimate of drug-likeness (QED) is 0.592. The largest absolute Gasteiger partial charge is 0.465 e. The zero-order chi connectivity index (χ0) is 19.3. The first-order valence-corrected chi connectivity index (χ1v) is 10.5. The van der Waals surface area contributed by atoms with Crippen LogP contribution in [-0.4, -0.2) is 27.0 Å². The van der Waals surface area contributed by atoms with Crippen molar-refractivity contribution in [2.45, 2.75) is 38.1 Å². The van der Waals surface area contributed by atoms with E-state index in [0.29, 0.717) is 20.8 Å². The molecule has 2 fully saturated rings. The number of hydrogen-bond acceptors (Lipinski definition) is 5. The van der Waals surface area contributed by atoms with E-state index in [1.807, 2.05) is 35.3 Å². The molecule has 7 heteroatoms. The lowest BCUT2D eigenvalue weighted by molar-refractivity contribution is -0.124. The maximum Gasteiger partial charge on any atom is 0.266 e. The first-order chi connectivity index (χ1) is 13.7. The van der Waals surface area contributed by atoms with Gasteiger partial charge in [0.1, 0.15) is 5.76 Å². The van der Waals surface area contributed by atoms with Gasteiger partial charge in [-0.15, -0.1) is 0 Å². The molecule has 4 rings (SSSR count). The monoisotopic (exact) mass is 413 g/mol. The number of pyridine rings is 1. The molecular weight excluding hydrogens is 394 g/mol. The summed E-state index contributed by atoms with van der Waals surface area (Å²) in [6.45, 7) is 0. The molecule has 0 unspecified atom stereocenters. The molecule has 0 spiro atoms. The number of thioether (sulfide) groups is 1. The lowest BCUT2D eigenvalue weighted by Gasteiger charge is -2.30. The minimum absolute atomic E-state index is 0.00456. The van der Waals surface area contributed by atoms with Crippen molar-refractivity contribution in [3.63, 3.8) is 0 Å². The Morgan fingerprint density at radius 2 is 2.14 bits per heavy atom. The van der Waals surface area contributed by atoms with Crippen LogP contribution in [0, 0.1) is 0 Å². The number of allylic oxidation sites excluding steroid dienone is 2. The molecule has 3 heterocycles. The van der Waals surface area contributed by atoms with E-state index in [1.165, 1.54) is 18.2 Å². The Morgan fingerprint density at radius 1 is 1.29 bits per heavy atom. The number of aromatic nitrogens is 1. The molecule has 28 heavy (non-hydrogen) atoms. The molecule has 1 aliphatic heterocycles. The highest BCUT2D eigenvalue weighted by Crippen LogP contribution is 2.38. The summed E-state index contributed by atoms with van der Waals surface area (Å²) in [6.07, 6.45) is 15.8. The molecular formula is C21H20ClN3O2S. The van der Waals surface area contributed by atoms with Crippen molar-refractivity contribution in [1.29, 1.82) is 0 Å². The lowest BCUT2D eigenvalue weighted by Crippen LogP contribution is -2.40. The average molecular weight is 414 g/mol. The number of nitrogens with zero attached hydrogens (tertiary/aromatic N) is 3. The third-order valence-electron chi connectivity index (χ3n) is 4.80. The van der Waals surface area contributed by atoms with E-state index in [2.05, 4.69) is 4.98 Å². The van der Waals surface area contributed by atoms with Crippen LogP contribution in [0.3, 0.4) is 0 Å². The number of aliphatic imine (C=N–C) groups is 1. The molecule has 0 bridgehead atoms. The van der Waals surface area contributed by atoms with Crippen LogP contribution in [0.5, 0.6) is 0 Å². The molecule has 2 aromatic heterocycles. The Morgan fingerprint density at radius 3 is 2.89 bits per heavy atom. The predicted octanol–water partition coefficient (Wildman–Crippen LogP) is 5.82. The van der Waals surface area contributed by atoms with E-state index < -0.39 is 0 Å². The summed E-state index contributed by atoms with van der Waals surface area (Å²) < 4.78 is 5.29. The molecule has 0 radical (unpaired) electrons. The van der Waals surface area contributed by atoms with Crippen molar-refractivity contribution >= 4 is 46.2 Å². The maximum atomic E-state index is 13.1. The van der Waals surface area contributed by atoms with E-state index in [4.69, 9.17) is 21.0 Å². The molecule has 5 nitrogen and oxygen atoms in total. The van der Waals surface area contributed by atoms with E-state index in [-0.39, 0.29) is 11.9 Å². The van der Waals surface area contributed by atoms with Crippen molar-refractivity contribution in [2.24, 2.45) is 4.99 Å². The van der Waals surface area contributed by atoms with Crippen molar-refractivity contribution in [1.82, 2.24) is 9.88 Å². The fourth-order valence-corrected chi connectivity index (χ4v) is 4.58. The molecule has 1 saturated heterocycles. The Balaban J connectivity index is 1.64. The van der Waals surface area contributed by atoms with Crippen LogP contribution in [0.25, 0.3) is 6.08 Å². The first-order valence-electron chi connectivity index (χ1n) is 9.34. The molecule has 1 saturated carbocycles. The zero-order valence-electron chi connectivity index (χ0n) is 15.3. The molecule has 1 amide bonds. The minimum Gasteiger partial charge on any atom is -0.465 e.